The number of aromatic nitrogens is 1. The minimum atomic E-state index is -0.00661. The molecule has 4 heteroatoms. The van der Waals surface area contributed by atoms with E-state index in [-0.39, 0.29) is 11.3 Å². The predicted molar refractivity (Wildman–Crippen MR) is 97.7 cm³/mol. The fraction of sp³-hybridized carbons (Fsp3) is 0.250. The minimum Gasteiger partial charge on any atom is -0.361 e. The van der Waals surface area contributed by atoms with Crippen LogP contribution in [0.5, 0.6) is 0 Å². The molecule has 0 unspecified atom stereocenters. The number of hydrogen-bond acceptors (Lipinski definition) is 1. The van der Waals surface area contributed by atoms with Gasteiger partial charge in [0.15, 0.2) is 0 Å². The Morgan fingerprint density at radius 3 is 2.83 bits per heavy atom. The molecule has 1 aliphatic carbocycles. The van der Waals surface area contributed by atoms with E-state index in [0.717, 1.165) is 34.5 Å². The number of H-pyrrole nitrogens is 1. The summed E-state index contributed by atoms with van der Waals surface area (Å²) in [7, 11) is 0. The van der Waals surface area contributed by atoms with Crippen molar-refractivity contribution in [3.8, 4) is 0 Å². The summed E-state index contributed by atoms with van der Waals surface area (Å²) in [5.41, 5.74) is 4.19. The average Bonchev–Trinajstić information content (AvgIpc) is 3.24. The smallest absolute Gasteiger partial charge is 0.251 e. The van der Waals surface area contributed by atoms with Gasteiger partial charge in [-0.05, 0) is 49.6 Å². The summed E-state index contributed by atoms with van der Waals surface area (Å²) in [6.45, 7) is 2.66. The Labute approximate surface area is 146 Å². The van der Waals surface area contributed by atoms with E-state index in [0.29, 0.717) is 6.54 Å². The third-order valence-corrected chi connectivity index (χ3v) is 5.17. The molecule has 24 heavy (non-hydrogen) atoms. The Bertz CT molecular complexity index is 924. The lowest BCUT2D eigenvalue weighted by atomic mass is 9.95. The van der Waals surface area contributed by atoms with E-state index in [1.54, 1.807) is 0 Å². The van der Waals surface area contributed by atoms with E-state index >= 15 is 0 Å². The lowest BCUT2D eigenvalue weighted by Crippen LogP contribution is -2.32. The largest absolute Gasteiger partial charge is 0.361 e. The Kier molecular flexibility index (Phi) is 3.61. The molecular formula is C20H19ClN2O. The highest BCUT2D eigenvalue weighted by Gasteiger charge is 2.45. The van der Waals surface area contributed by atoms with Gasteiger partial charge in [0, 0.05) is 39.6 Å². The van der Waals surface area contributed by atoms with Crippen LogP contribution < -0.4 is 5.32 Å². The average molecular weight is 339 g/mol. The van der Waals surface area contributed by atoms with Crippen molar-refractivity contribution in [1.82, 2.24) is 10.3 Å². The van der Waals surface area contributed by atoms with Gasteiger partial charge in [0.1, 0.15) is 0 Å². The molecule has 122 valence electrons. The van der Waals surface area contributed by atoms with Gasteiger partial charge in [-0.3, -0.25) is 4.79 Å². The van der Waals surface area contributed by atoms with Crippen molar-refractivity contribution in [2.24, 2.45) is 0 Å². The first-order valence-corrected chi connectivity index (χ1v) is 8.57. The number of aryl methyl sites for hydroxylation is 1. The zero-order chi connectivity index (χ0) is 16.7. The lowest BCUT2D eigenvalue weighted by Gasteiger charge is -2.16. The molecule has 0 atom stereocenters. The predicted octanol–water partition coefficient (Wildman–Crippen LogP) is 4.59. The fourth-order valence-corrected chi connectivity index (χ4v) is 3.54. The van der Waals surface area contributed by atoms with Crippen LogP contribution in [0.1, 0.15) is 34.3 Å². The Morgan fingerprint density at radius 1 is 1.25 bits per heavy atom. The molecule has 0 aliphatic heterocycles. The van der Waals surface area contributed by atoms with E-state index < -0.39 is 0 Å². The maximum absolute atomic E-state index is 12.4. The van der Waals surface area contributed by atoms with E-state index in [2.05, 4.69) is 22.6 Å². The molecule has 2 aromatic carbocycles. The number of benzene rings is 2. The number of halogens is 1. The van der Waals surface area contributed by atoms with E-state index in [9.17, 15) is 4.79 Å². The molecule has 0 bridgehead atoms. The first-order chi connectivity index (χ1) is 11.6. The number of aromatic amines is 1. The summed E-state index contributed by atoms with van der Waals surface area (Å²) >= 11 is 6.06. The van der Waals surface area contributed by atoms with Crippen LogP contribution in [0.25, 0.3) is 10.9 Å². The maximum atomic E-state index is 12.4. The number of fused-ring (bicyclic) bond motifs is 1. The van der Waals surface area contributed by atoms with Gasteiger partial charge in [0.2, 0.25) is 0 Å². The van der Waals surface area contributed by atoms with Crippen molar-refractivity contribution < 1.29 is 4.79 Å². The molecule has 1 aromatic heterocycles. The standard InChI is InChI=1S/C20H19ClN2O/c1-13-3-2-4-14(9-13)19(24)23-12-20(7-8-20)17-11-22-18-10-15(21)5-6-16(17)18/h2-6,9-11,22H,7-8,12H2,1H3,(H,23,24). The van der Waals surface area contributed by atoms with Crippen molar-refractivity contribution in [2.45, 2.75) is 25.2 Å². The van der Waals surface area contributed by atoms with Crippen LogP contribution in [0.4, 0.5) is 0 Å². The summed E-state index contributed by atoms with van der Waals surface area (Å²) in [6, 6.07) is 13.6. The van der Waals surface area contributed by atoms with Crippen molar-refractivity contribution in [1.29, 1.82) is 0 Å². The highest BCUT2D eigenvalue weighted by atomic mass is 35.5. The van der Waals surface area contributed by atoms with Gasteiger partial charge >= 0.3 is 0 Å². The van der Waals surface area contributed by atoms with E-state index in [4.69, 9.17) is 11.6 Å². The molecule has 1 aliphatic rings. The van der Waals surface area contributed by atoms with Crippen molar-refractivity contribution >= 4 is 28.4 Å². The number of amides is 1. The lowest BCUT2D eigenvalue weighted by molar-refractivity contribution is 0.0949. The fourth-order valence-electron chi connectivity index (χ4n) is 3.37. The first kappa shape index (κ1) is 15.3. The molecular weight excluding hydrogens is 320 g/mol. The summed E-state index contributed by atoms with van der Waals surface area (Å²) in [5, 5.41) is 5.04. The summed E-state index contributed by atoms with van der Waals surface area (Å²) in [6.07, 6.45) is 4.25. The quantitative estimate of drug-likeness (QED) is 0.718. The summed E-state index contributed by atoms with van der Waals surface area (Å²) < 4.78 is 0. The van der Waals surface area contributed by atoms with E-state index in [1.807, 2.05) is 43.3 Å². The van der Waals surface area contributed by atoms with Gasteiger partial charge in [-0.2, -0.15) is 0 Å². The highest BCUT2D eigenvalue weighted by Crippen LogP contribution is 2.50. The molecule has 0 radical (unpaired) electrons. The van der Waals surface area contributed by atoms with Gasteiger partial charge in [-0.15, -0.1) is 0 Å². The van der Waals surface area contributed by atoms with Crippen LogP contribution in [0, 0.1) is 6.92 Å². The zero-order valence-electron chi connectivity index (χ0n) is 13.5. The maximum Gasteiger partial charge on any atom is 0.251 e. The van der Waals surface area contributed by atoms with Crippen LogP contribution in [0.2, 0.25) is 5.02 Å². The van der Waals surface area contributed by atoms with Crippen LogP contribution in [-0.4, -0.2) is 17.4 Å². The molecule has 1 heterocycles. The van der Waals surface area contributed by atoms with Gasteiger partial charge in [0.25, 0.3) is 5.91 Å². The van der Waals surface area contributed by atoms with E-state index in [1.165, 1.54) is 10.9 Å². The molecule has 2 N–H and O–H groups in total. The van der Waals surface area contributed by atoms with Gasteiger partial charge in [0.05, 0.1) is 0 Å². The number of carbonyl (C=O) groups is 1. The molecule has 1 amide bonds. The third kappa shape index (κ3) is 2.69. The zero-order valence-corrected chi connectivity index (χ0v) is 14.3. The molecule has 3 aromatic rings. The number of rotatable bonds is 4. The highest BCUT2D eigenvalue weighted by molar-refractivity contribution is 6.31. The van der Waals surface area contributed by atoms with Crippen LogP contribution >= 0.6 is 11.6 Å². The molecule has 3 nitrogen and oxygen atoms in total. The SMILES string of the molecule is Cc1cccc(C(=O)NCC2(c3c[nH]c4cc(Cl)ccc34)CC2)c1. The molecule has 0 spiro atoms. The Morgan fingerprint density at radius 2 is 2.08 bits per heavy atom. The molecule has 4 rings (SSSR count). The number of hydrogen-bond donors (Lipinski definition) is 2. The van der Waals surface area contributed by atoms with Gasteiger partial charge in [-0.25, -0.2) is 0 Å². The first-order valence-electron chi connectivity index (χ1n) is 8.19. The van der Waals surface area contributed by atoms with Gasteiger partial charge in [-0.1, -0.05) is 35.4 Å². The molecule has 1 fully saturated rings. The molecule has 1 saturated carbocycles. The number of carbonyl (C=O) groups excluding carboxylic acids is 1. The normalized spacial score (nSPS) is 15.4. The summed E-state index contributed by atoms with van der Waals surface area (Å²) in [4.78, 5) is 15.7. The van der Waals surface area contributed by atoms with Crippen molar-refractivity contribution in [3.05, 3.63) is 70.4 Å². The van der Waals surface area contributed by atoms with Crippen molar-refractivity contribution in [3.63, 3.8) is 0 Å². The topological polar surface area (TPSA) is 44.9 Å². The Hall–Kier alpha value is -2.26. The molecule has 0 saturated heterocycles. The Balaban J connectivity index is 1.54. The second kappa shape index (κ2) is 5.67. The number of nitrogens with one attached hydrogen (secondary N) is 2. The van der Waals surface area contributed by atoms with Crippen LogP contribution in [0.15, 0.2) is 48.7 Å². The van der Waals surface area contributed by atoms with Crippen LogP contribution in [-0.2, 0) is 5.41 Å². The second-order valence-electron chi connectivity index (χ2n) is 6.72. The monoisotopic (exact) mass is 338 g/mol. The second-order valence-corrected chi connectivity index (χ2v) is 7.16. The van der Waals surface area contributed by atoms with Gasteiger partial charge < -0.3 is 10.3 Å². The third-order valence-electron chi connectivity index (χ3n) is 4.94. The minimum absolute atomic E-state index is 0.00661. The van der Waals surface area contributed by atoms with Crippen molar-refractivity contribution in [2.75, 3.05) is 6.54 Å². The summed E-state index contributed by atoms with van der Waals surface area (Å²) in [5.74, 6) is -0.00661. The van der Waals surface area contributed by atoms with Crippen LogP contribution in [0.3, 0.4) is 0 Å².